The van der Waals surface area contributed by atoms with E-state index in [1.54, 1.807) is 6.07 Å². The number of halogens is 2. The predicted octanol–water partition coefficient (Wildman–Crippen LogP) is 7.69. The summed E-state index contributed by atoms with van der Waals surface area (Å²) in [5.41, 5.74) is 7.64. The zero-order valence-corrected chi connectivity index (χ0v) is 19.3. The number of nitrogens with one attached hydrogen (secondary N) is 1. The van der Waals surface area contributed by atoms with Gasteiger partial charge in [-0.3, -0.25) is 4.79 Å². The SMILES string of the molecule is Cc1cc(C)c2nc(-c3ccc(Cl)cc3)c(C)c(C(=O)Nc3ccc(C)c(Cl)c3)c2c1. The maximum absolute atomic E-state index is 13.5. The molecule has 0 atom stereocenters. The molecule has 0 fully saturated rings. The number of hydrogen-bond donors (Lipinski definition) is 1. The number of amides is 1. The highest BCUT2D eigenvalue weighted by molar-refractivity contribution is 6.31. The summed E-state index contributed by atoms with van der Waals surface area (Å²) in [5, 5.41) is 5.12. The van der Waals surface area contributed by atoms with E-state index >= 15 is 0 Å². The first-order valence-electron chi connectivity index (χ1n) is 9.99. The Hall–Kier alpha value is -2.88. The van der Waals surface area contributed by atoms with E-state index in [1.807, 2.05) is 70.2 Å². The fourth-order valence-electron chi connectivity index (χ4n) is 3.86. The minimum atomic E-state index is -0.190. The number of aryl methyl sites for hydroxylation is 3. The molecule has 1 N–H and O–H groups in total. The van der Waals surface area contributed by atoms with Crippen LogP contribution in [0.5, 0.6) is 0 Å². The monoisotopic (exact) mass is 448 g/mol. The van der Waals surface area contributed by atoms with Gasteiger partial charge in [-0.2, -0.15) is 0 Å². The van der Waals surface area contributed by atoms with Crippen LogP contribution in [0.2, 0.25) is 10.0 Å². The molecule has 0 spiro atoms. The molecular formula is C26H22Cl2N2O. The van der Waals surface area contributed by atoms with Crippen molar-refractivity contribution < 1.29 is 4.79 Å². The van der Waals surface area contributed by atoms with E-state index in [4.69, 9.17) is 28.2 Å². The van der Waals surface area contributed by atoms with Crippen LogP contribution in [0, 0.1) is 27.7 Å². The van der Waals surface area contributed by atoms with Crippen LogP contribution in [-0.4, -0.2) is 10.9 Å². The van der Waals surface area contributed by atoms with Gasteiger partial charge in [-0.1, -0.05) is 53.0 Å². The number of aromatic nitrogens is 1. The average molecular weight is 449 g/mol. The van der Waals surface area contributed by atoms with E-state index in [2.05, 4.69) is 11.4 Å². The first-order valence-corrected chi connectivity index (χ1v) is 10.7. The number of carbonyl (C=O) groups is 1. The second-order valence-electron chi connectivity index (χ2n) is 7.86. The van der Waals surface area contributed by atoms with Gasteiger partial charge >= 0.3 is 0 Å². The molecular weight excluding hydrogens is 427 g/mol. The van der Waals surface area contributed by atoms with Crippen molar-refractivity contribution in [1.29, 1.82) is 0 Å². The number of nitrogens with zero attached hydrogens (tertiary/aromatic N) is 1. The molecule has 1 aromatic heterocycles. The van der Waals surface area contributed by atoms with Crippen LogP contribution in [-0.2, 0) is 0 Å². The van der Waals surface area contributed by atoms with E-state index in [0.717, 1.165) is 44.4 Å². The number of fused-ring (bicyclic) bond motifs is 1. The molecule has 0 saturated heterocycles. The average Bonchev–Trinajstić information content (AvgIpc) is 2.71. The van der Waals surface area contributed by atoms with Crippen molar-refractivity contribution in [3.8, 4) is 11.3 Å². The van der Waals surface area contributed by atoms with Gasteiger partial charge in [0.1, 0.15) is 0 Å². The Morgan fingerprint density at radius 2 is 1.58 bits per heavy atom. The molecule has 4 aromatic rings. The van der Waals surface area contributed by atoms with Crippen molar-refractivity contribution in [1.82, 2.24) is 4.98 Å². The van der Waals surface area contributed by atoms with Gasteiger partial charge in [0.2, 0.25) is 0 Å². The Labute approximate surface area is 192 Å². The van der Waals surface area contributed by atoms with Crippen LogP contribution in [0.25, 0.3) is 22.2 Å². The minimum Gasteiger partial charge on any atom is -0.322 e. The third kappa shape index (κ3) is 4.16. The summed E-state index contributed by atoms with van der Waals surface area (Å²) in [5.74, 6) is -0.190. The lowest BCUT2D eigenvalue weighted by molar-refractivity contribution is 0.102. The lowest BCUT2D eigenvalue weighted by Gasteiger charge is -2.17. The summed E-state index contributed by atoms with van der Waals surface area (Å²) < 4.78 is 0. The van der Waals surface area contributed by atoms with Gasteiger partial charge < -0.3 is 5.32 Å². The fraction of sp³-hybridized carbons (Fsp3) is 0.154. The van der Waals surface area contributed by atoms with Gasteiger partial charge in [0.05, 0.1) is 16.8 Å². The second-order valence-corrected chi connectivity index (χ2v) is 8.71. The number of hydrogen-bond acceptors (Lipinski definition) is 2. The number of rotatable bonds is 3. The molecule has 156 valence electrons. The Bertz CT molecular complexity index is 1330. The van der Waals surface area contributed by atoms with Gasteiger partial charge in [0.15, 0.2) is 0 Å². The molecule has 3 aromatic carbocycles. The largest absolute Gasteiger partial charge is 0.322 e. The minimum absolute atomic E-state index is 0.190. The van der Waals surface area contributed by atoms with E-state index in [9.17, 15) is 4.79 Å². The Kier molecular flexibility index (Phi) is 5.74. The molecule has 31 heavy (non-hydrogen) atoms. The van der Waals surface area contributed by atoms with Crippen molar-refractivity contribution in [2.24, 2.45) is 0 Å². The van der Waals surface area contributed by atoms with E-state index < -0.39 is 0 Å². The topological polar surface area (TPSA) is 42.0 Å². The molecule has 5 heteroatoms. The molecule has 0 radical (unpaired) electrons. The summed E-state index contributed by atoms with van der Waals surface area (Å²) in [7, 11) is 0. The Morgan fingerprint density at radius 3 is 2.26 bits per heavy atom. The molecule has 0 unspecified atom stereocenters. The van der Waals surface area contributed by atoms with Gasteiger partial charge in [-0.15, -0.1) is 0 Å². The molecule has 1 heterocycles. The fourth-order valence-corrected chi connectivity index (χ4v) is 4.17. The standard InChI is InChI=1S/C26H22Cl2N2O/c1-14-11-16(3)24-21(12-14)23(26(31)29-20-10-5-15(2)22(28)13-20)17(4)25(30-24)18-6-8-19(27)9-7-18/h5-13H,1-4H3,(H,29,31). The van der Waals surface area contributed by atoms with Gasteiger partial charge in [-0.25, -0.2) is 4.98 Å². The Morgan fingerprint density at radius 1 is 0.871 bits per heavy atom. The molecule has 3 nitrogen and oxygen atoms in total. The highest BCUT2D eigenvalue weighted by atomic mass is 35.5. The summed E-state index contributed by atoms with van der Waals surface area (Å²) in [6, 6.07) is 17.1. The summed E-state index contributed by atoms with van der Waals surface area (Å²) in [6.07, 6.45) is 0. The smallest absolute Gasteiger partial charge is 0.256 e. The summed E-state index contributed by atoms with van der Waals surface area (Å²) >= 11 is 12.3. The molecule has 0 aliphatic heterocycles. The first-order chi connectivity index (χ1) is 14.7. The molecule has 0 aliphatic rings. The van der Waals surface area contributed by atoms with Crippen LogP contribution in [0.15, 0.2) is 54.6 Å². The molecule has 4 rings (SSSR count). The first kappa shape index (κ1) is 21.4. The molecule has 0 bridgehead atoms. The number of carbonyl (C=O) groups excluding carboxylic acids is 1. The van der Waals surface area contributed by atoms with Gasteiger partial charge in [-0.05, 0) is 74.7 Å². The number of benzene rings is 3. The maximum atomic E-state index is 13.5. The van der Waals surface area contributed by atoms with E-state index in [0.29, 0.717) is 21.3 Å². The van der Waals surface area contributed by atoms with Crippen LogP contribution in [0.4, 0.5) is 5.69 Å². The third-order valence-electron chi connectivity index (χ3n) is 5.44. The second kappa shape index (κ2) is 8.33. The quantitative estimate of drug-likeness (QED) is 0.348. The van der Waals surface area contributed by atoms with E-state index in [1.165, 1.54) is 0 Å². The highest BCUT2D eigenvalue weighted by Gasteiger charge is 2.20. The van der Waals surface area contributed by atoms with Crippen LogP contribution in [0.1, 0.15) is 32.6 Å². The van der Waals surface area contributed by atoms with Crippen molar-refractivity contribution in [2.75, 3.05) is 5.32 Å². The van der Waals surface area contributed by atoms with Crippen molar-refractivity contribution in [3.63, 3.8) is 0 Å². The highest BCUT2D eigenvalue weighted by Crippen LogP contribution is 2.33. The summed E-state index contributed by atoms with van der Waals surface area (Å²) in [4.78, 5) is 18.4. The van der Waals surface area contributed by atoms with Crippen LogP contribution < -0.4 is 5.32 Å². The van der Waals surface area contributed by atoms with E-state index in [-0.39, 0.29) is 5.91 Å². The van der Waals surface area contributed by atoms with Crippen molar-refractivity contribution in [2.45, 2.75) is 27.7 Å². The summed E-state index contributed by atoms with van der Waals surface area (Å²) in [6.45, 7) is 7.91. The number of pyridine rings is 1. The third-order valence-corrected chi connectivity index (χ3v) is 6.10. The lowest BCUT2D eigenvalue weighted by Crippen LogP contribution is -2.15. The maximum Gasteiger partial charge on any atom is 0.256 e. The van der Waals surface area contributed by atoms with Crippen molar-refractivity contribution >= 4 is 45.7 Å². The molecule has 1 amide bonds. The van der Waals surface area contributed by atoms with Crippen LogP contribution >= 0.6 is 23.2 Å². The van der Waals surface area contributed by atoms with Gasteiger partial charge in [0.25, 0.3) is 5.91 Å². The molecule has 0 saturated carbocycles. The van der Waals surface area contributed by atoms with Gasteiger partial charge in [0, 0.05) is 26.7 Å². The van der Waals surface area contributed by atoms with Crippen LogP contribution in [0.3, 0.4) is 0 Å². The Balaban J connectivity index is 1.93. The number of anilines is 1. The lowest BCUT2D eigenvalue weighted by atomic mass is 9.94. The zero-order valence-electron chi connectivity index (χ0n) is 17.8. The predicted molar refractivity (Wildman–Crippen MR) is 131 cm³/mol. The molecule has 0 aliphatic carbocycles. The zero-order chi connectivity index (χ0) is 22.3. The normalized spacial score (nSPS) is 11.0. The van der Waals surface area contributed by atoms with Crippen molar-refractivity contribution in [3.05, 3.63) is 92.5 Å².